The molecule has 1 aromatic heterocycles. The largest absolute Gasteiger partial charge is 0.378 e. The number of nitro benzene ring substituents is 1. The molecule has 0 bridgehead atoms. The third-order valence-corrected chi connectivity index (χ3v) is 4.03. The van der Waals surface area contributed by atoms with E-state index in [-0.39, 0.29) is 11.7 Å². The average molecular weight is 308 g/mol. The van der Waals surface area contributed by atoms with Gasteiger partial charge >= 0.3 is 6.03 Å². The number of hydrogen-bond acceptors (Lipinski definition) is 6. The van der Waals surface area contributed by atoms with Gasteiger partial charge in [0.1, 0.15) is 0 Å². The van der Waals surface area contributed by atoms with Crippen LogP contribution >= 0.6 is 11.3 Å². The highest BCUT2D eigenvalue weighted by atomic mass is 32.1. The Bertz CT molecular complexity index is 696. The van der Waals surface area contributed by atoms with E-state index in [1.165, 1.54) is 23.5 Å². The van der Waals surface area contributed by atoms with Crippen LogP contribution in [0.1, 0.15) is 0 Å². The van der Waals surface area contributed by atoms with Crippen LogP contribution in [0, 0.1) is 10.1 Å². The van der Waals surface area contributed by atoms with Crippen molar-refractivity contribution in [2.45, 2.75) is 0 Å². The number of carbonyl (C=O) groups excluding carboxylic acids is 1. The van der Waals surface area contributed by atoms with Crippen molar-refractivity contribution in [1.82, 2.24) is 9.88 Å². The Morgan fingerprint density at radius 2 is 2.19 bits per heavy atom. The van der Waals surface area contributed by atoms with Gasteiger partial charge < -0.3 is 9.64 Å². The number of nitro groups is 1. The summed E-state index contributed by atoms with van der Waals surface area (Å²) in [5.41, 5.74) is 0.639. The maximum Gasteiger partial charge on any atom is 0.323 e. The fourth-order valence-electron chi connectivity index (χ4n) is 2.02. The third kappa shape index (κ3) is 2.93. The third-order valence-electron chi connectivity index (χ3n) is 3.10. The molecule has 9 heteroatoms. The maximum atomic E-state index is 12.0. The van der Waals surface area contributed by atoms with E-state index in [9.17, 15) is 14.9 Å². The first kappa shape index (κ1) is 13.7. The lowest BCUT2D eigenvalue weighted by molar-refractivity contribution is -0.384. The van der Waals surface area contributed by atoms with Gasteiger partial charge in [0.15, 0.2) is 5.13 Å². The van der Waals surface area contributed by atoms with E-state index in [0.717, 1.165) is 0 Å². The fourth-order valence-corrected chi connectivity index (χ4v) is 2.91. The number of hydrogen-bond donors (Lipinski definition) is 1. The molecular formula is C12H12N4O4S. The second-order valence-corrected chi connectivity index (χ2v) is 5.49. The Morgan fingerprint density at radius 3 is 2.90 bits per heavy atom. The van der Waals surface area contributed by atoms with Gasteiger partial charge in [-0.3, -0.25) is 15.4 Å². The first-order valence-corrected chi connectivity index (χ1v) is 7.14. The van der Waals surface area contributed by atoms with E-state index >= 15 is 0 Å². The molecule has 1 N–H and O–H groups in total. The summed E-state index contributed by atoms with van der Waals surface area (Å²) >= 11 is 1.22. The highest BCUT2D eigenvalue weighted by Crippen LogP contribution is 2.29. The lowest BCUT2D eigenvalue weighted by atomic mass is 10.3. The van der Waals surface area contributed by atoms with Crippen LogP contribution in [0.15, 0.2) is 18.2 Å². The van der Waals surface area contributed by atoms with Crippen molar-refractivity contribution in [3.63, 3.8) is 0 Å². The van der Waals surface area contributed by atoms with Crippen LogP contribution in [-0.2, 0) is 4.74 Å². The number of non-ortho nitro benzene ring substituents is 1. The highest BCUT2D eigenvalue weighted by molar-refractivity contribution is 7.22. The van der Waals surface area contributed by atoms with Gasteiger partial charge in [0, 0.05) is 25.2 Å². The molecule has 0 unspecified atom stereocenters. The summed E-state index contributed by atoms with van der Waals surface area (Å²) < 4.78 is 5.85. The van der Waals surface area contributed by atoms with Crippen LogP contribution < -0.4 is 5.32 Å². The number of morpholine rings is 1. The molecule has 8 nitrogen and oxygen atoms in total. The lowest BCUT2D eigenvalue weighted by Gasteiger charge is -2.26. The van der Waals surface area contributed by atoms with Crippen LogP contribution in [0.3, 0.4) is 0 Å². The van der Waals surface area contributed by atoms with Crippen LogP contribution in [0.25, 0.3) is 10.2 Å². The summed E-state index contributed by atoms with van der Waals surface area (Å²) in [7, 11) is 0. The number of rotatable bonds is 2. The molecular weight excluding hydrogens is 296 g/mol. The normalized spacial score (nSPS) is 15.1. The van der Waals surface area contributed by atoms with Gasteiger partial charge in [0.05, 0.1) is 28.4 Å². The van der Waals surface area contributed by atoms with Crippen molar-refractivity contribution < 1.29 is 14.5 Å². The topological polar surface area (TPSA) is 97.6 Å². The molecule has 1 aliphatic heterocycles. The minimum Gasteiger partial charge on any atom is -0.378 e. The standard InChI is InChI=1S/C12H12N4O4S/c17-12(15-3-5-20-6-4-15)14-11-13-9-2-1-8(16(18)19)7-10(9)21-11/h1-2,7H,3-6H2,(H,13,14,17). The smallest absolute Gasteiger partial charge is 0.323 e. The van der Waals surface area contributed by atoms with Crippen LogP contribution in [-0.4, -0.2) is 47.1 Å². The predicted octanol–water partition coefficient (Wildman–Crippen LogP) is 2.07. The van der Waals surface area contributed by atoms with Crippen LogP contribution in [0.2, 0.25) is 0 Å². The van der Waals surface area contributed by atoms with Gasteiger partial charge in [0.2, 0.25) is 0 Å². The minimum atomic E-state index is -0.453. The van der Waals surface area contributed by atoms with E-state index in [0.29, 0.717) is 41.7 Å². The summed E-state index contributed by atoms with van der Waals surface area (Å²) in [6, 6.07) is 4.20. The van der Waals surface area contributed by atoms with Crippen LogP contribution in [0.4, 0.5) is 15.6 Å². The number of nitrogens with zero attached hydrogens (tertiary/aromatic N) is 3. The second-order valence-electron chi connectivity index (χ2n) is 4.46. The highest BCUT2D eigenvalue weighted by Gasteiger charge is 2.18. The zero-order chi connectivity index (χ0) is 14.8. The van der Waals surface area contributed by atoms with Crippen molar-refractivity contribution in [2.75, 3.05) is 31.6 Å². The molecule has 1 fully saturated rings. The quantitative estimate of drug-likeness (QED) is 0.676. The van der Waals surface area contributed by atoms with Crippen LogP contribution in [0.5, 0.6) is 0 Å². The number of anilines is 1. The van der Waals surface area contributed by atoms with Gasteiger partial charge in [-0.2, -0.15) is 0 Å². The first-order valence-electron chi connectivity index (χ1n) is 6.32. The number of nitrogens with one attached hydrogen (secondary N) is 1. The maximum absolute atomic E-state index is 12.0. The number of ether oxygens (including phenoxy) is 1. The molecule has 1 aromatic carbocycles. The molecule has 21 heavy (non-hydrogen) atoms. The average Bonchev–Trinajstić information content (AvgIpc) is 2.89. The molecule has 1 aliphatic rings. The molecule has 0 spiro atoms. The molecule has 3 rings (SSSR count). The van der Waals surface area contributed by atoms with Gasteiger partial charge in [0.25, 0.3) is 5.69 Å². The van der Waals surface area contributed by atoms with Crippen molar-refractivity contribution in [3.8, 4) is 0 Å². The number of carbonyl (C=O) groups is 1. The fraction of sp³-hybridized carbons (Fsp3) is 0.333. The SMILES string of the molecule is O=C(Nc1nc2ccc([N+](=O)[O-])cc2s1)N1CCOCC1. The Balaban J connectivity index is 1.77. The number of benzene rings is 1. The predicted molar refractivity (Wildman–Crippen MR) is 77.7 cm³/mol. The monoisotopic (exact) mass is 308 g/mol. The Hall–Kier alpha value is -2.26. The van der Waals surface area contributed by atoms with Crippen molar-refractivity contribution in [1.29, 1.82) is 0 Å². The molecule has 0 aliphatic carbocycles. The summed E-state index contributed by atoms with van der Waals surface area (Å²) in [5, 5.41) is 13.9. The lowest BCUT2D eigenvalue weighted by Crippen LogP contribution is -2.43. The Labute approximate surface area is 123 Å². The summed E-state index contributed by atoms with van der Waals surface area (Å²) in [5.74, 6) is 0. The summed E-state index contributed by atoms with van der Waals surface area (Å²) in [4.78, 5) is 28.2. The van der Waals surface area contributed by atoms with Crippen molar-refractivity contribution >= 4 is 38.4 Å². The molecule has 1 saturated heterocycles. The number of fused-ring (bicyclic) bond motifs is 1. The van der Waals surface area contributed by atoms with E-state index < -0.39 is 4.92 Å². The van der Waals surface area contributed by atoms with E-state index in [4.69, 9.17) is 4.74 Å². The van der Waals surface area contributed by atoms with E-state index in [1.54, 1.807) is 11.0 Å². The molecule has 2 aromatic rings. The number of amides is 2. The molecule has 2 amide bonds. The number of aromatic nitrogens is 1. The summed E-state index contributed by atoms with van der Waals surface area (Å²) in [6.07, 6.45) is 0. The molecule has 0 saturated carbocycles. The molecule has 0 radical (unpaired) electrons. The zero-order valence-corrected chi connectivity index (χ0v) is 11.8. The minimum absolute atomic E-state index is 0.0113. The Morgan fingerprint density at radius 1 is 1.43 bits per heavy atom. The van der Waals surface area contributed by atoms with Crippen molar-refractivity contribution in [3.05, 3.63) is 28.3 Å². The Kier molecular flexibility index (Phi) is 3.67. The van der Waals surface area contributed by atoms with E-state index in [2.05, 4.69) is 10.3 Å². The van der Waals surface area contributed by atoms with Gasteiger partial charge in [-0.1, -0.05) is 11.3 Å². The van der Waals surface area contributed by atoms with E-state index in [1.807, 2.05) is 0 Å². The molecule has 2 heterocycles. The molecule has 0 atom stereocenters. The van der Waals surface area contributed by atoms with Gasteiger partial charge in [-0.05, 0) is 6.07 Å². The number of urea groups is 1. The van der Waals surface area contributed by atoms with Gasteiger partial charge in [-0.15, -0.1) is 0 Å². The zero-order valence-electron chi connectivity index (χ0n) is 10.9. The second kappa shape index (κ2) is 5.62. The summed E-state index contributed by atoms with van der Waals surface area (Å²) in [6.45, 7) is 2.14. The van der Waals surface area contributed by atoms with Gasteiger partial charge in [-0.25, -0.2) is 9.78 Å². The number of thiazole rings is 1. The van der Waals surface area contributed by atoms with Crippen molar-refractivity contribution in [2.24, 2.45) is 0 Å². The first-order chi connectivity index (χ1) is 10.1. The molecule has 110 valence electrons.